The maximum atomic E-state index is 13.6. The van der Waals surface area contributed by atoms with Crippen LogP contribution in [-0.4, -0.2) is 15.0 Å². The SMILES string of the molecule is Cc1c(N)cc(S(=O)(=O)NCC2CCCCC2)cc1F. The Morgan fingerprint density at radius 2 is 1.95 bits per heavy atom. The fraction of sp³-hybridized carbons (Fsp3) is 0.571. The Hall–Kier alpha value is -1.14. The molecule has 0 heterocycles. The lowest BCUT2D eigenvalue weighted by Crippen LogP contribution is -2.30. The topological polar surface area (TPSA) is 72.2 Å². The van der Waals surface area contributed by atoms with E-state index >= 15 is 0 Å². The quantitative estimate of drug-likeness (QED) is 0.839. The van der Waals surface area contributed by atoms with Gasteiger partial charge in [0.15, 0.2) is 0 Å². The summed E-state index contributed by atoms with van der Waals surface area (Å²) in [6, 6.07) is 2.33. The molecule has 112 valence electrons. The Kier molecular flexibility index (Phi) is 4.65. The maximum absolute atomic E-state index is 13.6. The predicted octanol–water partition coefficient (Wildman–Crippen LogP) is 2.57. The van der Waals surface area contributed by atoms with Crippen LogP contribution in [0.4, 0.5) is 10.1 Å². The highest BCUT2D eigenvalue weighted by Crippen LogP contribution is 2.24. The summed E-state index contributed by atoms with van der Waals surface area (Å²) in [5.74, 6) is -0.214. The van der Waals surface area contributed by atoms with Crippen molar-refractivity contribution in [3.63, 3.8) is 0 Å². The minimum absolute atomic E-state index is 0.103. The first-order valence-electron chi connectivity index (χ1n) is 6.95. The van der Waals surface area contributed by atoms with Crippen molar-refractivity contribution < 1.29 is 12.8 Å². The average Bonchev–Trinajstić information content (AvgIpc) is 2.43. The molecule has 6 heteroatoms. The highest BCUT2D eigenvalue weighted by molar-refractivity contribution is 7.89. The van der Waals surface area contributed by atoms with E-state index in [0.29, 0.717) is 12.5 Å². The van der Waals surface area contributed by atoms with E-state index in [4.69, 9.17) is 5.73 Å². The second-order valence-corrected chi connectivity index (χ2v) is 7.24. The Morgan fingerprint density at radius 3 is 2.55 bits per heavy atom. The normalized spacial score (nSPS) is 17.3. The molecule has 0 aromatic heterocycles. The van der Waals surface area contributed by atoms with Crippen molar-refractivity contribution in [3.05, 3.63) is 23.5 Å². The van der Waals surface area contributed by atoms with Crippen LogP contribution in [0.1, 0.15) is 37.7 Å². The molecular weight excluding hydrogens is 279 g/mol. The van der Waals surface area contributed by atoms with Crippen LogP contribution in [0.25, 0.3) is 0 Å². The number of nitrogens with two attached hydrogens (primary N) is 1. The molecule has 1 fully saturated rings. The predicted molar refractivity (Wildman–Crippen MR) is 77.3 cm³/mol. The van der Waals surface area contributed by atoms with Gasteiger partial charge in [-0.1, -0.05) is 19.3 Å². The first kappa shape index (κ1) is 15.3. The lowest BCUT2D eigenvalue weighted by atomic mass is 9.90. The van der Waals surface area contributed by atoms with Crippen LogP contribution in [0.15, 0.2) is 17.0 Å². The van der Waals surface area contributed by atoms with Gasteiger partial charge in [-0.3, -0.25) is 0 Å². The Balaban J connectivity index is 2.10. The monoisotopic (exact) mass is 300 g/mol. The van der Waals surface area contributed by atoms with Crippen LogP contribution in [0.2, 0.25) is 0 Å². The zero-order chi connectivity index (χ0) is 14.8. The Bertz CT molecular complexity index is 558. The highest BCUT2D eigenvalue weighted by atomic mass is 32.2. The summed E-state index contributed by atoms with van der Waals surface area (Å²) in [5, 5.41) is 0. The average molecular weight is 300 g/mol. The molecule has 0 bridgehead atoms. The molecule has 1 aromatic carbocycles. The summed E-state index contributed by atoms with van der Waals surface area (Å²) in [5.41, 5.74) is 6.05. The van der Waals surface area contributed by atoms with Crippen LogP contribution < -0.4 is 10.5 Å². The van der Waals surface area contributed by atoms with Gasteiger partial charge in [-0.15, -0.1) is 0 Å². The Labute approximate surface area is 119 Å². The molecular formula is C14H21FN2O2S. The third-order valence-electron chi connectivity index (χ3n) is 3.96. The number of nitrogen functional groups attached to an aromatic ring is 1. The van der Waals surface area contributed by atoms with Gasteiger partial charge in [0, 0.05) is 17.8 Å². The summed E-state index contributed by atoms with van der Waals surface area (Å²) in [6.07, 6.45) is 5.62. The summed E-state index contributed by atoms with van der Waals surface area (Å²) in [6.45, 7) is 1.94. The van der Waals surface area contributed by atoms with Crippen LogP contribution in [-0.2, 0) is 10.0 Å². The molecule has 0 unspecified atom stereocenters. The van der Waals surface area contributed by atoms with E-state index in [0.717, 1.165) is 31.7 Å². The number of halogens is 1. The second-order valence-electron chi connectivity index (χ2n) is 5.48. The zero-order valence-corrected chi connectivity index (χ0v) is 12.5. The van der Waals surface area contributed by atoms with Crippen LogP contribution in [0, 0.1) is 18.7 Å². The number of hydrogen-bond donors (Lipinski definition) is 2. The van der Waals surface area contributed by atoms with E-state index in [1.807, 2.05) is 0 Å². The number of benzene rings is 1. The molecule has 0 atom stereocenters. The van der Waals surface area contributed by atoms with E-state index in [1.165, 1.54) is 19.4 Å². The number of nitrogens with one attached hydrogen (secondary N) is 1. The molecule has 20 heavy (non-hydrogen) atoms. The number of anilines is 1. The maximum Gasteiger partial charge on any atom is 0.240 e. The van der Waals surface area contributed by atoms with Crippen molar-refractivity contribution >= 4 is 15.7 Å². The third kappa shape index (κ3) is 3.49. The molecule has 0 radical (unpaired) electrons. The lowest BCUT2D eigenvalue weighted by molar-refractivity contribution is 0.357. The zero-order valence-electron chi connectivity index (χ0n) is 11.7. The van der Waals surface area contributed by atoms with Crippen molar-refractivity contribution in [2.45, 2.75) is 43.9 Å². The van der Waals surface area contributed by atoms with Crippen molar-refractivity contribution in [1.82, 2.24) is 4.72 Å². The van der Waals surface area contributed by atoms with E-state index < -0.39 is 15.8 Å². The molecule has 1 aliphatic rings. The first-order valence-corrected chi connectivity index (χ1v) is 8.44. The molecule has 1 aliphatic carbocycles. The number of hydrogen-bond acceptors (Lipinski definition) is 3. The van der Waals surface area contributed by atoms with Gasteiger partial charge in [0.1, 0.15) is 5.82 Å². The Morgan fingerprint density at radius 1 is 1.30 bits per heavy atom. The first-order chi connectivity index (χ1) is 9.40. The molecule has 0 spiro atoms. The van der Waals surface area contributed by atoms with Crippen LogP contribution in [0.3, 0.4) is 0 Å². The van der Waals surface area contributed by atoms with Gasteiger partial charge in [0.05, 0.1) is 4.90 Å². The smallest absolute Gasteiger partial charge is 0.240 e. The molecule has 3 N–H and O–H groups in total. The number of rotatable bonds is 4. The molecule has 1 saturated carbocycles. The molecule has 2 rings (SSSR count). The van der Waals surface area contributed by atoms with Gasteiger partial charge in [-0.2, -0.15) is 0 Å². The fourth-order valence-electron chi connectivity index (χ4n) is 2.53. The minimum atomic E-state index is -3.69. The van der Waals surface area contributed by atoms with Crippen LogP contribution >= 0.6 is 0 Å². The largest absolute Gasteiger partial charge is 0.398 e. The number of sulfonamides is 1. The van der Waals surface area contributed by atoms with Crippen molar-refractivity contribution in [3.8, 4) is 0 Å². The standard InChI is InChI=1S/C14H21FN2O2S/c1-10-13(15)7-12(8-14(10)16)20(18,19)17-9-11-5-3-2-4-6-11/h7-8,11,17H,2-6,9,16H2,1H3. The van der Waals surface area contributed by atoms with E-state index in [-0.39, 0.29) is 16.1 Å². The van der Waals surface area contributed by atoms with E-state index in [2.05, 4.69) is 4.72 Å². The molecule has 0 aliphatic heterocycles. The van der Waals surface area contributed by atoms with Gasteiger partial charge >= 0.3 is 0 Å². The van der Waals surface area contributed by atoms with Crippen molar-refractivity contribution in [2.75, 3.05) is 12.3 Å². The summed E-state index contributed by atoms with van der Waals surface area (Å²) >= 11 is 0. The van der Waals surface area contributed by atoms with Gasteiger partial charge in [-0.05, 0) is 37.8 Å². The molecule has 4 nitrogen and oxygen atoms in total. The second kappa shape index (κ2) is 6.10. The molecule has 0 saturated heterocycles. The van der Waals surface area contributed by atoms with Crippen LogP contribution in [0.5, 0.6) is 0 Å². The van der Waals surface area contributed by atoms with Gasteiger partial charge in [0.25, 0.3) is 0 Å². The summed E-state index contributed by atoms with van der Waals surface area (Å²) in [7, 11) is -3.69. The fourth-order valence-corrected chi connectivity index (χ4v) is 3.69. The highest BCUT2D eigenvalue weighted by Gasteiger charge is 2.20. The molecule has 1 aromatic rings. The lowest BCUT2D eigenvalue weighted by Gasteiger charge is -2.21. The molecule has 0 amide bonds. The van der Waals surface area contributed by atoms with E-state index in [9.17, 15) is 12.8 Å². The summed E-state index contributed by atoms with van der Waals surface area (Å²) < 4.78 is 40.5. The van der Waals surface area contributed by atoms with Crippen molar-refractivity contribution in [1.29, 1.82) is 0 Å². The van der Waals surface area contributed by atoms with Crippen molar-refractivity contribution in [2.24, 2.45) is 5.92 Å². The van der Waals surface area contributed by atoms with Gasteiger partial charge in [0.2, 0.25) is 10.0 Å². The summed E-state index contributed by atoms with van der Waals surface area (Å²) in [4.78, 5) is -0.103. The van der Waals surface area contributed by atoms with Gasteiger partial charge in [-0.25, -0.2) is 17.5 Å². The van der Waals surface area contributed by atoms with E-state index in [1.54, 1.807) is 0 Å². The van der Waals surface area contributed by atoms with Gasteiger partial charge < -0.3 is 5.73 Å². The third-order valence-corrected chi connectivity index (χ3v) is 5.36. The minimum Gasteiger partial charge on any atom is -0.398 e.